The van der Waals surface area contributed by atoms with Gasteiger partial charge in [-0.25, -0.2) is 0 Å². The maximum absolute atomic E-state index is 5.07. The van der Waals surface area contributed by atoms with Gasteiger partial charge in [-0.15, -0.1) is 0 Å². The fourth-order valence-electron chi connectivity index (χ4n) is 2.01. The predicted molar refractivity (Wildman–Crippen MR) is 71.0 cm³/mol. The molecule has 0 aliphatic heterocycles. The van der Waals surface area contributed by atoms with Gasteiger partial charge in [0, 0.05) is 13.1 Å². The van der Waals surface area contributed by atoms with Gasteiger partial charge < -0.3 is 15.4 Å². The average Bonchev–Trinajstić information content (AvgIpc) is 2.34. The van der Waals surface area contributed by atoms with Crippen LogP contribution in [0.1, 0.15) is 33.1 Å². The third kappa shape index (κ3) is 3.00. The Hall–Kier alpha value is -1.59. The minimum absolute atomic E-state index is 0.335. The summed E-state index contributed by atoms with van der Waals surface area (Å²) in [6.07, 6.45) is 3.85. The summed E-state index contributed by atoms with van der Waals surface area (Å²) in [5.41, 5.74) is 0.387. The van der Waals surface area contributed by atoms with Crippen molar-refractivity contribution in [2.45, 2.75) is 33.1 Å². The Labute approximate surface area is 108 Å². The normalized spacial score (nSPS) is 16.8. The van der Waals surface area contributed by atoms with E-state index >= 15 is 0 Å². The van der Waals surface area contributed by atoms with Crippen molar-refractivity contribution < 1.29 is 4.74 Å². The molecule has 1 aromatic rings. The number of hydrogen-bond acceptors (Lipinski definition) is 6. The summed E-state index contributed by atoms with van der Waals surface area (Å²) in [5.74, 6) is 1.12. The Balaban J connectivity index is 2.03. The van der Waals surface area contributed by atoms with Crippen LogP contribution in [0, 0.1) is 5.41 Å². The second-order valence-corrected chi connectivity index (χ2v) is 5.02. The van der Waals surface area contributed by atoms with Gasteiger partial charge in [-0.2, -0.15) is 15.0 Å². The van der Waals surface area contributed by atoms with E-state index in [1.807, 2.05) is 6.92 Å². The highest BCUT2D eigenvalue weighted by atomic mass is 16.5. The SMILES string of the molecule is CCNc1nc(NCC2(C)CCC2)nc(OC)n1. The van der Waals surface area contributed by atoms with Gasteiger partial charge in [0.15, 0.2) is 0 Å². The first-order chi connectivity index (χ1) is 8.65. The van der Waals surface area contributed by atoms with Crippen molar-refractivity contribution in [1.82, 2.24) is 15.0 Å². The lowest BCUT2D eigenvalue weighted by molar-refractivity contribution is 0.179. The number of aromatic nitrogens is 3. The molecule has 0 radical (unpaired) electrons. The summed E-state index contributed by atoms with van der Waals surface area (Å²) in [6.45, 7) is 5.95. The first kappa shape index (κ1) is 12.9. The monoisotopic (exact) mass is 251 g/mol. The molecule has 1 heterocycles. The quantitative estimate of drug-likeness (QED) is 0.804. The Morgan fingerprint density at radius 2 is 1.83 bits per heavy atom. The minimum atomic E-state index is 0.335. The van der Waals surface area contributed by atoms with E-state index in [2.05, 4.69) is 32.5 Å². The number of methoxy groups -OCH3 is 1. The largest absolute Gasteiger partial charge is 0.467 e. The van der Waals surface area contributed by atoms with E-state index in [0.29, 0.717) is 23.3 Å². The molecule has 6 nitrogen and oxygen atoms in total. The molecule has 1 aliphatic rings. The average molecular weight is 251 g/mol. The van der Waals surface area contributed by atoms with E-state index in [1.165, 1.54) is 19.3 Å². The molecular formula is C12H21N5O. The van der Waals surface area contributed by atoms with Gasteiger partial charge in [-0.3, -0.25) is 0 Å². The second-order valence-electron chi connectivity index (χ2n) is 5.02. The maximum atomic E-state index is 5.07. The minimum Gasteiger partial charge on any atom is -0.467 e. The van der Waals surface area contributed by atoms with E-state index in [9.17, 15) is 0 Å². The molecular weight excluding hydrogens is 230 g/mol. The van der Waals surface area contributed by atoms with Crippen LogP contribution >= 0.6 is 0 Å². The van der Waals surface area contributed by atoms with Gasteiger partial charge >= 0.3 is 6.01 Å². The molecule has 2 rings (SSSR count). The Morgan fingerprint density at radius 1 is 1.17 bits per heavy atom. The third-order valence-corrected chi connectivity index (χ3v) is 3.37. The molecule has 0 atom stereocenters. The zero-order chi connectivity index (χ0) is 13.0. The van der Waals surface area contributed by atoms with E-state index in [0.717, 1.165) is 13.1 Å². The number of anilines is 2. The van der Waals surface area contributed by atoms with Crippen LogP contribution in [0.15, 0.2) is 0 Å². The summed E-state index contributed by atoms with van der Waals surface area (Å²) in [4.78, 5) is 12.6. The van der Waals surface area contributed by atoms with Crippen LogP contribution in [0.4, 0.5) is 11.9 Å². The highest BCUT2D eigenvalue weighted by Crippen LogP contribution is 2.40. The molecule has 0 unspecified atom stereocenters. The molecule has 0 bridgehead atoms. The van der Waals surface area contributed by atoms with Gasteiger partial charge in [-0.1, -0.05) is 13.3 Å². The molecule has 6 heteroatoms. The Bertz CT molecular complexity index is 405. The summed E-state index contributed by atoms with van der Waals surface area (Å²) in [7, 11) is 1.56. The summed E-state index contributed by atoms with van der Waals surface area (Å²) in [5, 5.41) is 6.34. The fraction of sp³-hybridized carbons (Fsp3) is 0.750. The van der Waals surface area contributed by atoms with Crippen LogP contribution < -0.4 is 15.4 Å². The predicted octanol–water partition coefficient (Wildman–Crippen LogP) is 1.91. The maximum Gasteiger partial charge on any atom is 0.322 e. The third-order valence-electron chi connectivity index (χ3n) is 3.37. The lowest BCUT2D eigenvalue weighted by Gasteiger charge is -2.38. The number of hydrogen-bond donors (Lipinski definition) is 2. The van der Waals surface area contributed by atoms with Crippen LogP contribution in [-0.4, -0.2) is 35.2 Å². The lowest BCUT2D eigenvalue weighted by atomic mass is 9.70. The van der Waals surface area contributed by atoms with E-state index in [-0.39, 0.29) is 0 Å². The second kappa shape index (κ2) is 5.37. The van der Waals surface area contributed by atoms with E-state index in [1.54, 1.807) is 7.11 Å². The van der Waals surface area contributed by atoms with E-state index < -0.39 is 0 Å². The molecule has 0 saturated heterocycles. The molecule has 1 saturated carbocycles. The van der Waals surface area contributed by atoms with Crippen LogP contribution in [-0.2, 0) is 0 Å². The van der Waals surface area contributed by atoms with Gasteiger partial charge in [0.1, 0.15) is 0 Å². The number of ether oxygens (including phenoxy) is 1. The van der Waals surface area contributed by atoms with E-state index in [4.69, 9.17) is 4.74 Å². The zero-order valence-electron chi connectivity index (χ0n) is 11.3. The summed E-state index contributed by atoms with van der Waals surface area (Å²) in [6, 6.07) is 0.335. The molecule has 0 amide bonds. The molecule has 18 heavy (non-hydrogen) atoms. The smallest absolute Gasteiger partial charge is 0.322 e. The van der Waals surface area contributed by atoms with Crippen molar-refractivity contribution in [1.29, 1.82) is 0 Å². The molecule has 1 aliphatic carbocycles. The number of nitrogens with zero attached hydrogens (tertiary/aromatic N) is 3. The van der Waals surface area contributed by atoms with Crippen molar-refractivity contribution in [2.24, 2.45) is 5.41 Å². The molecule has 0 aromatic carbocycles. The topological polar surface area (TPSA) is 72.0 Å². The van der Waals surface area contributed by atoms with Crippen LogP contribution in [0.5, 0.6) is 6.01 Å². The highest BCUT2D eigenvalue weighted by molar-refractivity contribution is 5.36. The van der Waals surface area contributed by atoms with Crippen molar-refractivity contribution >= 4 is 11.9 Å². The van der Waals surface area contributed by atoms with Crippen LogP contribution in [0.2, 0.25) is 0 Å². The fourth-order valence-corrected chi connectivity index (χ4v) is 2.01. The van der Waals surface area contributed by atoms with Crippen LogP contribution in [0.3, 0.4) is 0 Å². The summed E-state index contributed by atoms with van der Waals surface area (Å²) >= 11 is 0. The van der Waals surface area contributed by atoms with Gasteiger partial charge in [-0.05, 0) is 25.2 Å². The Morgan fingerprint density at radius 3 is 2.33 bits per heavy atom. The molecule has 0 spiro atoms. The molecule has 2 N–H and O–H groups in total. The number of nitrogens with one attached hydrogen (secondary N) is 2. The van der Waals surface area contributed by atoms with Crippen molar-refractivity contribution in [3.8, 4) is 6.01 Å². The first-order valence-electron chi connectivity index (χ1n) is 6.43. The Kier molecular flexibility index (Phi) is 3.84. The van der Waals surface area contributed by atoms with Gasteiger partial charge in [0.05, 0.1) is 7.11 Å². The molecule has 1 fully saturated rings. The highest BCUT2D eigenvalue weighted by Gasteiger charge is 2.31. The first-order valence-corrected chi connectivity index (χ1v) is 6.43. The van der Waals surface area contributed by atoms with Crippen molar-refractivity contribution in [3.05, 3.63) is 0 Å². The molecule has 1 aromatic heterocycles. The zero-order valence-corrected chi connectivity index (χ0v) is 11.3. The molecule has 100 valence electrons. The summed E-state index contributed by atoms with van der Waals surface area (Å²) < 4.78 is 5.07. The lowest BCUT2D eigenvalue weighted by Crippen LogP contribution is -2.33. The number of rotatable bonds is 6. The van der Waals surface area contributed by atoms with Gasteiger partial charge in [0.2, 0.25) is 11.9 Å². The van der Waals surface area contributed by atoms with Crippen molar-refractivity contribution in [2.75, 3.05) is 30.8 Å². The standard InChI is InChI=1S/C12H21N5O/c1-4-13-9-15-10(17-11(16-9)18-3)14-8-12(2)6-5-7-12/h4-8H2,1-3H3,(H2,13,14,15,16,17). The van der Waals surface area contributed by atoms with Crippen molar-refractivity contribution in [3.63, 3.8) is 0 Å². The van der Waals surface area contributed by atoms with Gasteiger partial charge in [0.25, 0.3) is 0 Å². The van der Waals surface area contributed by atoms with Crippen LogP contribution in [0.25, 0.3) is 0 Å².